The molecule has 1 heterocycles. The van der Waals surface area contributed by atoms with Gasteiger partial charge in [-0.2, -0.15) is 0 Å². The minimum absolute atomic E-state index is 0.302. The molecular weight excluding hydrogens is 236 g/mol. The molecule has 1 saturated heterocycles. The quantitative estimate of drug-likeness (QED) is 0.829. The van der Waals surface area contributed by atoms with Crippen LogP contribution in [0.15, 0.2) is 0 Å². The summed E-state index contributed by atoms with van der Waals surface area (Å²) in [4.78, 5) is 2.78. The number of nitrogens with one attached hydrogen (secondary N) is 1. The molecule has 0 aromatic rings. The highest BCUT2D eigenvalue weighted by Gasteiger charge is 2.52. The fourth-order valence-electron chi connectivity index (χ4n) is 4.02. The summed E-state index contributed by atoms with van der Waals surface area (Å²) in [7, 11) is 1.86. The second-order valence-corrected chi connectivity index (χ2v) is 6.95. The van der Waals surface area contributed by atoms with Crippen molar-refractivity contribution in [2.45, 2.75) is 77.6 Å². The van der Waals surface area contributed by atoms with Crippen LogP contribution in [0.5, 0.6) is 0 Å². The minimum atomic E-state index is 0.302. The van der Waals surface area contributed by atoms with Crippen LogP contribution in [0.3, 0.4) is 0 Å². The Kier molecular flexibility index (Phi) is 4.91. The van der Waals surface area contributed by atoms with Gasteiger partial charge in [0.15, 0.2) is 0 Å². The number of rotatable bonds is 5. The lowest BCUT2D eigenvalue weighted by Crippen LogP contribution is -2.68. The number of piperazine rings is 1. The van der Waals surface area contributed by atoms with Gasteiger partial charge in [-0.1, -0.05) is 34.1 Å². The van der Waals surface area contributed by atoms with Crippen LogP contribution >= 0.6 is 0 Å². The summed E-state index contributed by atoms with van der Waals surface area (Å²) in [6.07, 6.45) is 5.47. The van der Waals surface area contributed by atoms with Gasteiger partial charge in [-0.3, -0.25) is 4.90 Å². The van der Waals surface area contributed by atoms with Gasteiger partial charge in [0.05, 0.1) is 6.10 Å². The monoisotopic (exact) mass is 268 g/mol. The van der Waals surface area contributed by atoms with Crippen LogP contribution in [-0.2, 0) is 4.74 Å². The second-order valence-electron chi connectivity index (χ2n) is 6.95. The summed E-state index contributed by atoms with van der Waals surface area (Å²) in [5, 5.41) is 3.73. The molecule has 3 heteroatoms. The molecule has 1 N–H and O–H groups in total. The maximum atomic E-state index is 5.62. The van der Waals surface area contributed by atoms with Crippen molar-refractivity contribution in [1.82, 2.24) is 10.2 Å². The van der Waals surface area contributed by atoms with Gasteiger partial charge in [0.1, 0.15) is 0 Å². The Morgan fingerprint density at radius 2 is 2.05 bits per heavy atom. The summed E-state index contributed by atoms with van der Waals surface area (Å²) in [6.45, 7) is 11.7. The van der Waals surface area contributed by atoms with E-state index in [9.17, 15) is 0 Å². The smallest absolute Gasteiger partial charge is 0.0652 e. The van der Waals surface area contributed by atoms with E-state index in [-0.39, 0.29) is 0 Å². The number of methoxy groups -OCH3 is 1. The zero-order chi connectivity index (χ0) is 14.0. The van der Waals surface area contributed by atoms with Crippen molar-refractivity contribution >= 4 is 0 Å². The molecular formula is C16H32N2O. The summed E-state index contributed by atoms with van der Waals surface area (Å²) < 4.78 is 5.62. The highest BCUT2D eigenvalue weighted by molar-refractivity contribution is 5.06. The molecule has 112 valence electrons. The maximum absolute atomic E-state index is 5.62. The predicted octanol–water partition coefficient (Wildman–Crippen LogP) is 2.65. The van der Waals surface area contributed by atoms with Gasteiger partial charge in [-0.05, 0) is 19.3 Å². The minimum Gasteiger partial charge on any atom is -0.381 e. The number of ether oxygens (including phenoxy) is 1. The fraction of sp³-hybridized carbons (Fsp3) is 1.00. The molecule has 2 fully saturated rings. The molecule has 0 aromatic carbocycles. The fourth-order valence-corrected chi connectivity index (χ4v) is 4.02. The molecule has 2 aliphatic rings. The van der Waals surface area contributed by atoms with Crippen LogP contribution < -0.4 is 5.32 Å². The van der Waals surface area contributed by atoms with Gasteiger partial charge in [-0.25, -0.2) is 0 Å². The lowest BCUT2D eigenvalue weighted by atomic mass is 9.63. The van der Waals surface area contributed by atoms with Gasteiger partial charge in [0.2, 0.25) is 0 Å². The third kappa shape index (κ3) is 2.84. The van der Waals surface area contributed by atoms with Gasteiger partial charge >= 0.3 is 0 Å². The van der Waals surface area contributed by atoms with E-state index in [1.807, 2.05) is 7.11 Å². The first kappa shape index (κ1) is 15.3. The molecule has 0 bridgehead atoms. The average molecular weight is 268 g/mol. The van der Waals surface area contributed by atoms with Gasteiger partial charge in [0.25, 0.3) is 0 Å². The number of hydrogen-bond donors (Lipinski definition) is 1. The van der Waals surface area contributed by atoms with Crippen LogP contribution in [0.4, 0.5) is 0 Å². The highest BCUT2D eigenvalue weighted by Crippen LogP contribution is 2.46. The van der Waals surface area contributed by atoms with E-state index in [0.29, 0.717) is 29.6 Å². The van der Waals surface area contributed by atoms with Crippen molar-refractivity contribution in [3.05, 3.63) is 0 Å². The molecule has 1 aliphatic heterocycles. The predicted molar refractivity (Wildman–Crippen MR) is 80.5 cm³/mol. The molecule has 1 saturated carbocycles. The highest BCUT2D eigenvalue weighted by atomic mass is 16.5. The van der Waals surface area contributed by atoms with Crippen molar-refractivity contribution < 1.29 is 4.74 Å². The topological polar surface area (TPSA) is 24.5 Å². The Hall–Kier alpha value is -0.120. The Labute approximate surface area is 119 Å². The van der Waals surface area contributed by atoms with Crippen LogP contribution in [-0.4, -0.2) is 49.3 Å². The Bertz CT molecular complexity index is 292. The van der Waals surface area contributed by atoms with Crippen molar-refractivity contribution in [3.63, 3.8) is 0 Å². The molecule has 2 rings (SSSR count). The molecule has 0 spiro atoms. The largest absolute Gasteiger partial charge is 0.381 e. The first-order chi connectivity index (χ1) is 9.04. The average Bonchev–Trinajstić information content (AvgIpc) is 2.39. The standard InChI is InChI=1S/C16H32N2O/c1-6-8-12-11-18(13(7-2)10-17-12)14-9-15(19-5)16(14,3)4/h12-15,17H,6-11H2,1-5H3. The maximum Gasteiger partial charge on any atom is 0.0652 e. The van der Waals surface area contributed by atoms with Gasteiger partial charge < -0.3 is 10.1 Å². The van der Waals surface area contributed by atoms with E-state index >= 15 is 0 Å². The molecule has 19 heavy (non-hydrogen) atoms. The summed E-state index contributed by atoms with van der Waals surface area (Å²) >= 11 is 0. The van der Waals surface area contributed by atoms with Crippen molar-refractivity contribution in [2.24, 2.45) is 5.41 Å². The van der Waals surface area contributed by atoms with Crippen LogP contribution in [0.25, 0.3) is 0 Å². The zero-order valence-electron chi connectivity index (χ0n) is 13.4. The van der Waals surface area contributed by atoms with Crippen molar-refractivity contribution in [3.8, 4) is 0 Å². The molecule has 0 aromatic heterocycles. The molecule has 4 unspecified atom stereocenters. The van der Waals surface area contributed by atoms with Crippen molar-refractivity contribution in [1.29, 1.82) is 0 Å². The van der Waals surface area contributed by atoms with Gasteiger partial charge in [0, 0.05) is 43.7 Å². The first-order valence-electron chi connectivity index (χ1n) is 8.06. The molecule has 0 radical (unpaired) electrons. The number of nitrogens with zero attached hydrogens (tertiary/aromatic N) is 1. The van der Waals surface area contributed by atoms with Crippen LogP contribution in [0.1, 0.15) is 53.4 Å². The van der Waals surface area contributed by atoms with E-state index < -0.39 is 0 Å². The Morgan fingerprint density at radius 3 is 2.58 bits per heavy atom. The Balaban J connectivity index is 2.03. The summed E-state index contributed by atoms with van der Waals surface area (Å²) in [5.41, 5.74) is 0.302. The van der Waals surface area contributed by atoms with E-state index in [4.69, 9.17) is 4.74 Å². The van der Waals surface area contributed by atoms with E-state index in [0.717, 1.165) is 6.54 Å². The summed E-state index contributed by atoms with van der Waals surface area (Å²) in [6, 6.07) is 2.09. The normalized spacial score (nSPS) is 39.0. The molecule has 4 atom stereocenters. The van der Waals surface area contributed by atoms with E-state index in [1.165, 1.54) is 32.2 Å². The first-order valence-corrected chi connectivity index (χ1v) is 8.06. The van der Waals surface area contributed by atoms with E-state index in [1.54, 1.807) is 0 Å². The second kappa shape index (κ2) is 6.11. The van der Waals surface area contributed by atoms with Gasteiger partial charge in [-0.15, -0.1) is 0 Å². The third-order valence-corrected chi connectivity index (χ3v) is 5.46. The molecule has 3 nitrogen and oxygen atoms in total. The Morgan fingerprint density at radius 1 is 1.32 bits per heavy atom. The summed E-state index contributed by atoms with van der Waals surface area (Å²) in [5.74, 6) is 0. The molecule has 0 amide bonds. The lowest BCUT2D eigenvalue weighted by Gasteiger charge is -2.59. The van der Waals surface area contributed by atoms with Crippen LogP contribution in [0, 0.1) is 5.41 Å². The number of hydrogen-bond acceptors (Lipinski definition) is 3. The van der Waals surface area contributed by atoms with Crippen molar-refractivity contribution in [2.75, 3.05) is 20.2 Å². The van der Waals surface area contributed by atoms with E-state index in [2.05, 4.69) is 37.9 Å². The van der Waals surface area contributed by atoms with Crippen LogP contribution in [0.2, 0.25) is 0 Å². The molecule has 1 aliphatic carbocycles. The SMILES string of the molecule is CCCC1CN(C2CC(OC)C2(C)C)C(CC)CN1. The third-order valence-electron chi connectivity index (χ3n) is 5.46. The lowest BCUT2D eigenvalue weighted by molar-refractivity contribution is -0.153. The zero-order valence-corrected chi connectivity index (χ0v) is 13.4.